The zero-order valence-corrected chi connectivity index (χ0v) is 17.2. The Morgan fingerprint density at radius 1 is 0.893 bits per heavy atom. The van der Waals surface area contributed by atoms with Crippen molar-refractivity contribution >= 4 is 5.91 Å². The number of hydrogen-bond acceptors (Lipinski definition) is 2. The molecule has 0 saturated heterocycles. The lowest BCUT2D eigenvalue weighted by Gasteiger charge is -2.56. The van der Waals surface area contributed by atoms with Crippen LogP contribution >= 0.6 is 0 Å². The molecule has 28 heavy (non-hydrogen) atoms. The van der Waals surface area contributed by atoms with Gasteiger partial charge in [0, 0.05) is 16.8 Å². The lowest BCUT2D eigenvalue weighted by molar-refractivity contribution is -0.0168. The summed E-state index contributed by atoms with van der Waals surface area (Å²) in [5.41, 5.74) is 3.56. The fourth-order valence-electron chi connectivity index (χ4n) is 8.00. The molecule has 5 saturated carbocycles. The van der Waals surface area contributed by atoms with Crippen molar-refractivity contribution in [3.05, 3.63) is 17.0 Å². The Labute approximate surface area is 168 Å². The van der Waals surface area contributed by atoms with Gasteiger partial charge in [-0.3, -0.25) is 9.48 Å². The summed E-state index contributed by atoms with van der Waals surface area (Å²) in [5, 5.41) is 8.61. The summed E-state index contributed by atoms with van der Waals surface area (Å²) in [6, 6.07) is 0.529. The molecule has 1 heterocycles. The fourth-order valence-corrected chi connectivity index (χ4v) is 8.00. The van der Waals surface area contributed by atoms with Crippen molar-refractivity contribution in [1.82, 2.24) is 15.1 Å². The summed E-state index contributed by atoms with van der Waals surface area (Å²) in [6.07, 6.45) is 19.0. The Bertz CT molecular complexity index is 738. The molecule has 5 fully saturated rings. The number of fused-ring (bicyclic) bond motifs is 1. The van der Waals surface area contributed by atoms with Gasteiger partial charge in [0.25, 0.3) is 5.91 Å². The third-order valence-corrected chi connectivity index (χ3v) is 8.76. The van der Waals surface area contributed by atoms with Gasteiger partial charge >= 0.3 is 0 Å². The normalized spacial score (nSPS) is 37.1. The minimum atomic E-state index is 0.0853. The van der Waals surface area contributed by atoms with Crippen molar-refractivity contribution in [2.45, 2.75) is 108 Å². The number of amides is 1. The molecule has 0 atom stereocenters. The molecule has 0 unspecified atom stereocenters. The van der Waals surface area contributed by atoms with Gasteiger partial charge in [-0.2, -0.15) is 5.10 Å². The topological polar surface area (TPSA) is 46.9 Å². The fraction of sp³-hybridized carbons (Fsp3) is 0.833. The molecule has 4 heteroatoms. The summed E-state index contributed by atoms with van der Waals surface area (Å²) in [5.74, 6) is 2.73. The van der Waals surface area contributed by atoms with E-state index >= 15 is 0 Å². The molecule has 1 amide bonds. The van der Waals surface area contributed by atoms with Gasteiger partial charge in [0.2, 0.25) is 0 Å². The van der Waals surface area contributed by atoms with Crippen LogP contribution in [0.3, 0.4) is 0 Å². The van der Waals surface area contributed by atoms with Crippen LogP contribution in [0.5, 0.6) is 0 Å². The number of nitrogens with zero attached hydrogens (tertiary/aromatic N) is 2. The molecule has 1 aromatic rings. The molecule has 4 bridgehead atoms. The molecule has 1 aromatic heterocycles. The number of rotatable bonds is 3. The van der Waals surface area contributed by atoms with E-state index in [4.69, 9.17) is 5.10 Å². The third-order valence-electron chi connectivity index (χ3n) is 8.76. The van der Waals surface area contributed by atoms with Gasteiger partial charge < -0.3 is 5.32 Å². The van der Waals surface area contributed by atoms with Gasteiger partial charge in [0.05, 0.1) is 6.04 Å². The standard InChI is InChI=1S/C24H35N3O/c28-23(25-24-13-16-10-17(14-24)12-18(11-16)15-24)22-20-8-4-5-9-21(20)27(26-22)19-6-2-1-3-7-19/h16-19H,1-15H2,(H,25,28). The Morgan fingerprint density at radius 3 is 2.21 bits per heavy atom. The van der Waals surface area contributed by atoms with Crippen molar-refractivity contribution in [3.8, 4) is 0 Å². The van der Waals surface area contributed by atoms with Crippen LogP contribution < -0.4 is 5.32 Å². The largest absolute Gasteiger partial charge is 0.345 e. The van der Waals surface area contributed by atoms with E-state index in [9.17, 15) is 4.79 Å². The predicted octanol–water partition coefficient (Wildman–Crippen LogP) is 4.97. The van der Waals surface area contributed by atoms with E-state index in [1.54, 1.807) is 0 Å². The second kappa shape index (κ2) is 6.60. The van der Waals surface area contributed by atoms with E-state index in [1.165, 1.54) is 94.7 Å². The molecule has 7 rings (SSSR count). The SMILES string of the molecule is O=C(NC12CC3CC(CC(C3)C1)C2)c1nn(C2CCCCC2)c2c1CCCC2. The Morgan fingerprint density at radius 2 is 1.54 bits per heavy atom. The smallest absolute Gasteiger partial charge is 0.272 e. The Balaban J connectivity index is 1.29. The number of carbonyl (C=O) groups is 1. The zero-order valence-electron chi connectivity index (χ0n) is 17.2. The number of nitrogens with one attached hydrogen (secondary N) is 1. The van der Waals surface area contributed by atoms with Crippen LogP contribution in [0.2, 0.25) is 0 Å². The van der Waals surface area contributed by atoms with Gasteiger partial charge in [-0.15, -0.1) is 0 Å². The van der Waals surface area contributed by atoms with Crippen molar-refractivity contribution in [2.24, 2.45) is 17.8 Å². The average molecular weight is 382 g/mol. The molecule has 6 aliphatic carbocycles. The Kier molecular flexibility index (Phi) is 4.13. The lowest BCUT2D eigenvalue weighted by atomic mass is 9.53. The summed E-state index contributed by atoms with van der Waals surface area (Å²) >= 11 is 0. The number of carbonyl (C=O) groups excluding carboxylic acids is 1. The van der Waals surface area contributed by atoms with Crippen LogP contribution in [0.4, 0.5) is 0 Å². The van der Waals surface area contributed by atoms with Gasteiger partial charge in [-0.25, -0.2) is 0 Å². The summed E-state index contributed by atoms with van der Waals surface area (Å²) in [4.78, 5) is 13.5. The number of aromatic nitrogens is 2. The average Bonchev–Trinajstić information content (AvgIpc) is 3.07. The van der Waals surface area contributed by atoms with E-state index in [2.05, 4.69) is 10.00 Å². The molecule has 4 nitrogen and oxygen atoms in total. The molecular formula is C24H35N3O. The molecule has 152 valence electrons. The quantitative estimate of drug-likeness (QED) is 0.804. The predicted molar refractivity (Wildman–Crippen MR) is 109 cm³/mol. The van der Waals surface area contributed by atoms with E-state index in [1.807, 2.05) is 0 Å². The molecule has 6 aliphatic rings. The van der Waals surface area contributed by atoms with Crippen molar-refractivity contribution in [3.63, 3.8) is 0 Å². The van der Waals surface area contributed by atoms with Crippen LogP contribution in [0, 0.1) is 17.8 Å². The van der Waals surface area contributed by atoms with E-state index in [0.29, 0.717) is 6.04 Å². The maximum atomic E-state index is 13.5. The highest BCUT2D eigenvalue weighted by molar-refractivity contribution is 5.94. The monoisotopic (exact) mass is 381 g/mol. The Hall–Kier alpha value is -1.32. The van der Waals surface area contributed by atoms with Gasteiger partial charge in [-0.1, -0.05) is 19.3 Å². The van der Waals surface area contributed by atoms with E-state index in [-0.39, 0.29) is 11.4 Å². The highest BCUT2D eigenvalue weighted by Crippen LogP contribution is 2.55. The van der Waals surface area contributed by atoms with Crippen LogP contribution in [-0.4, -0.2) is 21.2 Å². The molecule has 1 N–H and O–H groups in total. The lowest BCUT2D eigenvalue weighted by Crippen LogP contribution is -2.60. The minimum absolute atomic E-state index is 0.0853. The van der Waals surface area contributed by atoms with Gasteiger partial charge in [0.1, 0.15) is 0 Å². The van der Waals surface area contributed by atoms with Crippen molar-refractivity contribution in [1.29, 1.82) is 0 Å². The summed E-state index contributed by atoms with van der Waals surface area (Å²) in [7, 11) is 0. The van der Waals surface area contributed by atoms with Crippen LogP contribution in [0.25, 0.3) is 0 Å². The maximum Gasteiger partial charge on any atom is 0.272 e. The van der Waals surface area contributed by atoms with Gasteiger partial charge in [-0.05, 0) is 94.8 Å². The first-order valence-corrected chi connectivity index (χ1v) is 12.1. The van der Waals surface area contributed by atoms with Crippen LogP contribution in [0.1, 0.15) is 111 Å². The van der Waals surface area contributed by atoms with E-state index in [0.717, 1.165) is 36.3 Å². The summed E-state index contributed by atoms with van der Waals surface area (Å²) < 4.78 is 2.31. The first-order valence-electron chi connectivity index (χ1n) is 12.1. The summed E-state index contributed by atoms with van der Waals surface area (Å²) in [6.45, 7) is 0. The highest BCUT2D eigenvalue weighted by atomic mass is 16.2. The first-order chi connectivity index (χ1) is 13.7. The second-order valence-electron chi connectivity index (χ2n) is 10.9. The second-order valence-corrected chi connectivity index (χ2v) is 10.9. The van der Waals surface area contributed by atoms with Crippen molar-refractivity contribution in [2.75, 3.05) is 0 Å². The molecule has 0 spiro atoms. The highest BCUT2D eigenvalue weighted by Gasteiger charge is 2.51. The molecular weight excluding hydrogens is 346 g/mol. The van der Waals surface area contributed by atoms with Crippen molar-refractivity contribution < 1.29 is 4.79 Å². The molecule has 0 aromatic carbocycles. The minimum Gasteiger partial charge on any atom is -0.345 e. The first kappa shape index (κ1) is 17.5. The van der Waals surface area contributed by atoms with Gasteiger partial charge in [0.15, 0.2) is 5.69 Å². The molecule has 0 aliphatic heterocycles. The van der Waals surface area contributed by atoms with E-state index < -0.39 is 0 Å². The third kappa shape index (κ3) is 2.85. The van der Waals surface area contributed by atoms with Crippen LogP contribution in [0.15, 0.2) is 0 Å². The zero-order chi connectivity index (χ0) is 18.7. The van der Waals surface area contributed by atoms with Crippen LogP contribution in [-0.2, 0) is 12.8 Å². The maximum absolute atomic E-state index is 13.5. The molecule has 0 radical (unpaired) electrons. The number of hydrogen-bond donors (Lipinski definition) is 1.